The normalized spacial score (nSPS) is 15.2. The van der Waals surface area contributed by atoms with Gasteiger partial charge in [-0.25, -0.2) is 9.97 Å². The first-order valence-electron chi connectivity index (χ1n) is 5.33. The van der Waals surface area contributed by atoms with Crippen molar-refractivity contribution in [2.75, 3.05) is 0 Å². The molecule has 0 aromatic carbocycles. The molecule has 1 aliphatic carbocycles. The highest BCUT2D eigenvalue weighted by molar-refractivity contribution is 7.07. The van der Waals surface area contributed by atoms with Crippen LogP contribution in [-0.2, 0) is 19.4 Å². The number of nitrogens with zero attached hydrogens (tertiary/aromatic N) is 3. The zero-order valence-electron chi connectivity index (χ0n) is 8.52. The molecule has 15 heavy (non-hydrogen) atoms. The summed E-state index contributed by atoms with van der Waals surface area (Å²) in [5.41, 5.74) is 5.76. The van der Waals surface area contributed by atoms with E-state index in [1.54, 1.807) is 11.3 Å². The molecule has 1 aliphatic rings. The smallest absolute Gasteiger partial charge is 0.0955 e. The molecule has 78 valence electrons. The molecule has 0 saturated heterocycles. The molecule has 0 unspecified atom stereocenters. The van der Waals surface area contributed by atoms with Crippen LogP contribution in [0.15, 0.2) is 17.2 Å². The molecule has 3 rings (SSSR count). The van der Waals surface area contributed by atoms with E-state index in [0.717, 1.165) is 18.7 Å². The van der Waals surface area contributed by atoms with E-state index in [9.17, 15) is 0 Å². The zero-order chi connectivity index (χ0) is 10.1. The third kappa shape index (κ3) is 1.69. The van der Waals surface area contributed by atoms with E-state index < -0.39 is 0 Å². The number of aryl methyl sites for hydroxylation is 1. The first-order chi connectivity index (χ1) is 7.43. The summed E-state index contributed by atoms with van der Waals surface area (Å²) in [6.07, 6.45) is 6.89. The molecule has 0 saturated carbocycles. The number of thiazole rings is 1. The number of imidazole rings is 1. The van der Waals surface area contributed by atoms with Crippen LogP contribution in [0.25, 0.3) is 0 Å². The van der Waals surface area contributed by atoms with Gasteiger partial charge in [0.05, 0.1) is 29.8 Å². The molecular weight excluding hydrogens is 206 g/mol. The van der Waals surface area contributed by atoms with Crippen LogP contribution >= 0.6 is 11.3 Å². The molecule has 0 atom stereocenters. The summed E-state index contributed by atoms with van der Waals surface area (Å²) in [6, 6.07) is 0. The fourth-order valence-electron chi connectivity index (χ4n) is 2.16. The van der Waals surface area contributed by atoms with E-state index in [-0.39, 0.29) is 0 Å². The number of hydrogen-bond acceptors (Lipinski definition) is 3. The Morgan fingerprint density at radius 2 is 2.20 bits per heavy atom. The summed E-state index contributed by atoms with van der Waals surface area (Å²) < 4.78 is 2.25. The van der Waals surface area contributed by atoms with Gasteiger partial charge < -0.3 is 4.57 Å². The lowest BCUT2D eigenvalue weighted by molar-refractivity contribution is 0.626. The molecule has 0 amide bonds. The van der Waals surface area contributed by atoms with E-state index in [0.29, 0.717) is 0 Å². The van der Waals surface area contributed by atoms with Gasteiger partial charge in [0, 0.05) is 11.1 Å². The lowest BCUT2D eigenvalue weighted by Gasteiger charge is -2.13. The Bertz CT molecular complexity index is 444. The van der Waals surface area contributed by atoms with Gasteiger partial charge in [-0.1, -0.05) is 0 Å². The van der Waals surface area contributed by atoms with Crippen molar-refractivity contribution in [3.8, 4) is 0 Å². The van der Waals surface area contributed by atoms with Crippen LogP contribution in [0.3, 0.4) is 0 Å². The van der Waals surface area contributed by atoms with E-state index in [1.807, 2.05) is 11.8 Å². The van der Waals surface area contributed by atoms with Crippen molar-refractivity contribution in [2.45, 2.75) is 32.2 Å². The van der Waals surface area contributed by atoms with E-state index >= 15 is 0 Å². The van der Waals surface area contributed by atoms with Gasteiger partial charge in [0.15, 0.2) is 0 Å². The number of aromatic nitrogens is 3. The second kappa shape index (κ2) is 3.77. The minimum atomic E-state index is 0.881. The minimum absolute atomic E-state index is 0.881. The van der Waals surface area contributed by atoms with Crippen LogP contribution in [-0.4, -0.2) is 14.5 Å². The average Bonchev–Trinajstić information content (AvgIpc) is 2.89. The summed E-state index contributed by atoms with van der Waals surface area (Å²) in [4.78, 5) is 8.79. The van der Waals surface area contributed by atoms with Gasteiger partial charge in [-0.15, -0.1) is 11.3 Å². The van der Waals surface area contributed by atoms with Gasteiger partial charge in [0.2, 0.25) is 0 Å². The fraction of sp³-hybridized carbons (Fsp3) is 0.455. The lowest BCUT2D eigenvalue weighted by Crippen LogP contribution is -2.09. The largest absolute Gasteiger partial charge is 0.328 e. The molecule has 0 fully saturated rings. The third-order valence-electron chi connectivity index (χ3n) is 2.93. The van der Waals surface area contributed by atoms with Crippen molar-refractivity contribution in [3.05, 3.63) is 34.3 Å². The van der Waals surface area contributed by atoms with E-state index in [1.165, 1.54) is 30.7 Å². The first kappa shape index (κ1) is 9.09. The maximum absolute atomic E-state index is 4.48. The number of fused-ring (bicyclic) bond motifs is 1. The second-order valence-corrected chi connectivity index (χ2v) is 4.67. The Kier molecular flexibility index (Phi) is 2.29. The number of rotatable bonds is 2. The van der Waals surface area contributed by atoms with Crippen molar-refractivity contribution in [1.82, 2.24) is 14.5 Å². The maximum Gasteiger partial charge on any atom is 0.0955 e. The van der Waals surface area contributed by atoms with Gasteiger partial charge in [-0.2, -0.15) is 0 Å². The van der Waals surface area contributed by atoms with Gasteiger partial charge >= 0.3 is 0 Å². The van der Waals surface area contributed by atoms with Crippen molar-refractivity contribution >= 4 is 11.3 Å². The van der Waals surface area contributed by atoms with Crippen molar-refractivity contribution in [2.24, 2.45) is 0 Å². The Hall–Kier alpha value is -1.16. The predicted octanol–water partition coefficient (Wildman–Crippen LogP) is 2.27. The summed E-state index contributed by atoms with van der Waals surface area (Å²) >= 11 is 1.65. The molecule has 4 heteroatoms. The summed E-state index contributed by atoms with van der Waals surface area (Å²) in [7, 11) is 0. The topological polar surface area (TPSA) is 30.7 Å². The Balaban J connectivity index is 1.89. The van der Waals surface area contributed by atoms with Crippen LogP contribution in [0.5, 0.6) is 0 Å². The quantitative estimate of drug-likeness (QED) is 0.775. The highest BCUT2D eigenvalue weighted by Gasteiger charge is 2.15. The second-order valence-electron chi connectivity index (χ2n) is 3.95. The van der Waals surface area contributed by atoms with Crippen LogP contribution in [0.4, 0.5) is 0 Å². The van der Waals surface area contributed by atoms with Crippen LogP contribution in [0.1, 0.15) is 29.9 Å². The molecule has 2 heterocycles. The summed E-state index contributed by atoms with van der Waals surface area (Å²) in [5, 5.41) is 2.11. The zero-order valence-corrected chi connectivity index (χ0v) is 9.33. The molecule has 2 aromatic heterocycles. The van der Waals surface area contributed by atoms with Crippen molar-refractivity contribution in [3.63, 3.8) is 0 Å². The lowest BCUT2D eigenvalue weighted by atomic mass is 10.0. The predicted molar refractivity (Wildman–Crippen MR) is 60.1 cm³/mol. The van der Waals surface area contributed by atoms with Crippen molar-refractivity contribution < 1.29 is 0 Å². The molecule has 2 aromatic rings. The molecular formula is C11H13N3S. The third-order valence-corrected chi connectivity index (χ3v) is 3.56. The van der Waals surface area contributed by atoms with Gasteiger partial charge in [0.1, 0.15) is 0 Å². The number of hydrogen-bond donors (Lipinski definition) is 0. The van der Waals surface area contributed by atoms with Gasteiger partial charge in [-0.3, -0.25) is 0 Å². The molecule has 3 nitrogen and oxygen atoms in total. The van der Waals surface area contributed by atoms with E-state index in [4.69, 9.17) is 0 Å². The minimum Gasteiger partial charge on any atom is -0.328 e. The van der Waals surface area contributed by atoms with Crippen LogP contribution in [0.2, 0.25) is 0 Å². The molecule has 0 radical (unpaired) electrons. The Labute approximate surface area is 92.8 Å². The standard InChI is InChI=1S/C11H13N3S/c1-2-4-11-10(3-1)12-7-14(11)5-9-6-15-8-13-9/h6-8H,1-5H2. The summed E-state index contributed by atoms with van der Waals surface area (Å²) in [6.45, 7) is 0.881. The van der Waals surface area contributed by atoms with Crippen molar-refractivity contribution in [1.29, 1.82) is 0 Å². The SMILES string of the molecule is c1nc(Cn2cnc3c2CCCC3)cs1. The first-order valence-corrected chi connectivity index (χ1v) is 6.28. The highest BCUT2D eigenvalue weighted by Crippen LogP contribution is 2.20. The van der Waals surface area contributed by atoms with Crippen LogP contribution < -0.4 is 0 Å². The molecule has 0 spiro atoms. The average molecular weight is 219 g/mol. The molecule has 0 bridgehead atoms. The van der Waals surface area contributed by atoms with Crippen LogP contribution in [0, 0.1) is 0 Å². The van der Waals surface area contributed by atoms with Gasteiger partial charge in [-0.05, 0) is 25.7 Å². The monoisotopic (exact) mass is 219 g/mol. The molecule has 0 N–H and O–H groups in total. The maximum atomic E-state index is 4.48. The molecule has 0 aliphatic heterocycles. The fourth-order valence-corrected chi connectivity index (χ4v) is 2.71. The van der Waals surface area contributed by atoms with Gasteiger partial charge in [0.25, 0.3) is 0 Å². The Morgan fingerprint density at radius 1 is 1.27 bits per heavy atom. The summed E-state index contributed by atoms with van der Waals surface area (Å²) in [5.74, 6) is 0. The Morgan fingerprint density at radius 3 is 3.07 bits per heavy atom. The highest BCUT2D eigenvalue weighted by atomic mass is 32.1. The van der Waals surface area contributed by atoms with E-state index in [2.05, 4.69) is 19.9 Å².